The maximum Gasteiger partial charge on any atom is 0.315 e. The number of aryl methyl sites for hydroxylation is 1. The van der Waals surface area contributed by atoms with E-state index < -0.39 is 11.9 Å². The van der Waals surface area contributed by atoms with Gasteiger partial charge in [-0.1, -0.05) is 43.7 Å². The van der Waals surface area contributed by atoms with Crippen molar-refractivity contribution in [2.45, 2.75) is 25.7 Å². The first-order valence-corrected chi connectivity index (χ1v) is 6.83. The van der Waals surface area contributed by atoms with E-state index >= 15 is 0 Å². The Hall–Kier alpha value is -2.29. The average molecular weight is 268 g/mol. The molecule has 1 atom stereocenters. The van der Waals surface area contributed by atoms with Gasteiger partial charge in [0.25, 0.3) is 0 Å². The molecule has 0 saturated carbocycles. The normalized spacial score (nSPS) is 15.9. The molecule has 1 aliphatic rings. The number of ether oxygens (including phenoxy) is 1. The highest BCUT2D eigenvalue weighted by molar-refractivity contribution is 5.84. The Labute approximate surface area is 117 Å². The minimum absolute atomic E-state index is 0.640. The van der Waals surface area contributed by atoms with Crippen LogP contribution in [0.5, 0.6) is 11.5 Å². The van der Waals surface area contributed by atoms with Crippen molar-refractivity contribution in [2.24, 2.45) is 0 Å². The van der Waals surface area contributed by atoms with Crippen LogP contribution in [0, 0.1) is 0 Å². The number of carboxylic acid groups (broad SMARTS) is 1. The van der Waals surface area contributed by atoms with Crippen LogP contribution in [0.15, 0.2) is 42.5 Å². The zero-order chi connectivity index (χ0) is 14.1. The van der Waals surface area contributed by atoms with E-state index in [-0.39, 0.29) is 0 Å². The van der Waals surface area contributed by atoms with E-state index in [0.717, 1.165) is 29.5 Å². The molecule has 1 aliphatic heterocycles. The molecule has 0 spiro atoms. The third-order valence-electron chi connectivity index (χ3n) is 3.66. The van der Waals surface area contributed by atoms with Gasteiger partial charge in [0.05, 0.1) is 0 Å². The number of para-hydroxylation sites is 1. The van der Waals surface area contributed by atoms with Gasteiger partial charge in [-0.05, 0) is 24.1 Å². The molecule has 1 unspecified atom stereocenters. The molecule has 3 nitrogen and oxygen atoms in total. The minimum atomic E-state index is -0.828. The molecule has 0 aliphatic carbocycles. The summed E-state index contributed by atoms with van der Waals surface area (Å²) in [6, 6.07) is 13.1. The van der Waals surface area contributed by atoms with Gasteiger partial charge in [-0.15, -0.1) is 0 Å². The van der Waals surface area contributed by atoms with Crippen molar-refractivity contribution in [3.63, 3.8) is 0 Å². The second-order valence-electron chi connectivity index (χ2n) is 4.99. The number of fused-ring (bicyclic) bond motifs is 2. The zero-order valence-electron chi connectivity index (χ0n) is 11.3. The van der Waals surface area contributed by atoms with E-state index in [1.807, 2.05) is 42.5 Å². The molecule has 102 valence electrons. The summed E-state index contributed by atoms with van der Waals surface area (Å²) in [6.07, 6.45) is 1.84. The first-order chi connectivity index (χ1) is 9.72. The van der Waals surface area contributed by atoms with E-state index in [1.165, 1.54) is 0 Å². The lowest BCUT2D eigenvalue weighted by Crippen LogP contribution is -2.20. The summed E-state index contributed by atoms with van der Waals surface area (Å²) in [5, 5.41) is 9.67. The molecular formula is C17H16O3. The highest BCUT2D eigenvalue weighted by atomic mass is 16.5. The Balaban J connectivity index is 2.22. The summed E-state index contributed by atoms with van der Waals surface area (Å²) in [4.78, 5) is 11.8. The van der Waals surface area contributed by atoms with Crippen LogP contribution in [-0.2, 0) is 11.2 Å². The summed E-state index contributed by atoms with van der Waals surface area (Å²) in [7, 11) is 0. The van der Waals surface area contributed by atoms with Crippen molar-refractivity contribution in [3.8, 4) is 11.5 Å². The zero-order valence-corrected chi connectivity index (χ0v) is 11.3. The molecule has 0 saturated heterocycles. The molecule has 0 aromatic heterocycles. The lowest BCUT2D eigenvalue weighted by atomic mass is 9.84. The average Bonchev–Trinajstić information content (AvgIpc) is 2.45. The molecule has 0 amide bonds. The fourth-order valence-electron chi connectivity index (χ4n) is 2.84. The van der Waals surface area contributed by atoms with Gasteiger partial charge in [0.2, 0.25) is 0 Å². The maximum absolute atomic E-state index is 11.8. The van der Waals surface area contributed by atoms with Crippen molar-refractivity contribution in [3.05, 3.63) is 59.2 Å². The SMILES string of the molecule is CCCc1cccc2c1C(C(=O)O)c1ccccc1O2. The fraction of sp³-hybridized carbons (Fsp3) is 0.235. The first-order valence-electron chi connectivity index (χ1n) is 6.83. The molecule has 0 fully saturated rings. The maximum atomic E-state index is 11.8. The van der Waals surface area contributed by atoms with Crippen LogP contribution in [0.25, 0.3) is 0 Å². The van der Waals surface area contributed by atoms with Crippen molar-refractivity contribution < 1.29 is 14.6 Å². The lowest BCUT2D eigenvalue weighted by Gasteiger charge is -2.27. The molecule has 0 bridgehead atoms. The number of benzene rings is 2. The molecule has 3 heteroatoms. The van der Waals surface area contributed by atoms with E-state index in [0.29, 0.717) is 11.5 Å². The van der Waals surface area contributed by atoms with Gasteiger partial charge < -0.3 is 9.84 Å². The number of carboxylic acids is 1. The summed E-state index contributed by atoms with van der Waals surface area (Å²) in [6.45, 7) is 2.09. The standard InChI is InChI=1S/C17H16O3/c1-2-6-11-7-5-10-14-15(11)16(17(18)19)12-8-3-4-9-13(12)20-14/h3-5,7-10,16H,2,6H2,1H3,(H,18,19). The van der Waals surface area contributed by atoms with Crippen LogP contribution in [0.2, 0.25) is 0 Å². The van der Waals surface area contributed by atoms with Gasteiger partial charge in [0, 0.05) is 11.1 Å². The molecule has 1 heterocycles. The van der Waals surface area contributed by atoms with E-state index in [4.69, 9.17) is 4.74 Å². The largest absolute Gasteiger partial charge is 0.481 e. The van der Waals surface area contributed by atoms with Crippen LogP contribution in [-0.4, -0.2) is 11.1 Å². The third-order valence-corrected chi connectivity index (χ3v) is 3.66. The van der Waals surface area contributed by atoms with E-state index in [1.54, 1.807) is 0 Å². The van der Waals surface area contributed by atoms with Gasteiger partial charge in [0.15, 0.2) is 0 Å². The van der Waals surface area contributed by atoms with E-state index in [9.17, 15) is 9.90 Å². The summed E-state index contributed by atoms with van der Waals surface area (Å²) in [5.74, 6) is -0.161. The van der Waals surface area contributed by atoms with Crippen molar-refractivity contribution in [1.29, 1.82) is 0 Å². The van der Waals surface area contributed by atoms with Gasteiger partial charge in [0.1, 0.15) is 17.4 Å². The van der Waals surface area contributed by atoms with Crippen LogP contribution in [0.4, 0.5) is 0 Å². The van der Waals surface area contributed by atoms with Crippen LogP contribution in [0.3, 0.4) is 0 Å². The van der Waals surface area contributed by atoms with Crippen molar-refractivity contribution in [2.75, 3.05) is 0 Å². The number of rotatable bonds is 3. The molecule has 20 heavy (non-hydrogen) atoms. The molecule has 2 aromatic carbocycles. The number of carbonyl (C=O) groups is 1. The fourth-order valence-corrected chi connectivity index (χ4v) is 2.84. The van der Waals surface area contributed by atoms with Gasteiger partial charge in [-0.3, -0.25) is 4.79 Å². The predicted molar refractivity (Wildman–Crippen MR) is 76.4 cm³/mol. The topological polar surface area (TPSA) is 46.5 Å². The second kappa shape index (κ2) is 5.00. The van der Waals surface area contributed by atoms with E-state index in [2.05, 4.69) is 6.92 Å². The molecule has 3 rings (SSSR count). The Kier molecular flexibility index (Phi) is 3.18. The lowest BCUT2D eigenvalue weighted by molar-refractivity contribution is -0.137. The number of hydrogen-bond acceptors (Lipinski definition) is 2. The third kappa shape index (κ3) is 1.95. The first kappa shape index (κ1) is 12.7. The molecule has 0 radical (unpaired) electrons. The van der Waals surface area contributed by atoms with Crippen LogP contribution in [0.1, 0.15) is 36.0 Å². The molecular weight excluding hydrogens is 252 g/mol. The van der Waals surface area contributed by atoms with Crippen LogP contribution < -0.4 is 4.74 Å². The highest BCUT2D eigenvalue weighted by Gasteiger charge is 2.34. The highest BCUT2D eigenvalue weighted by Crippen LogP contribution is 2.45. The monoisotopic (exact) mass is 268 g/mol. The van der Waals surface area contributed by atoms with Crippen molar-refractivity contribution >= 4 is 5.97 Å². The predicted octanol–water partition coefficient (Wildman–Crippen LogP) is 3.96. The quantitative estimate of drug-likeness (QED) is 0.916. The Morgan fingerprint density at radius 2 is 1.90 bits per heavy atom. The number of aliphatic carboxylic acids is 1. The van der Waals surface area contributed by atoms with Crippen molar-refractivity contribution in [1.82, 2.24) is 0 Å². The van der Waals surface area contributed by atoms with Gasteiger partial charge >= 0.3 is 5.97 Å². The number of hydrogen-bond donors (Lipinski definition) is 1. The minimum Gasteiger partial charge on any atom is -0.481 e. The molecule has 1 N–H and O–H groups in total. The molecule has 2 aromatic rings. The smallest absolute Gasteiger partial charge is 0.315 e. The summed E-state index contributed by atoms with van der Waals surface area (Å²) < 4.78 is 5.88. The summed E-state index contributed by atoms with van der Waals surface area (Å²) >= 11 is 0. The Morgan fingerprint density at radius 1 is 1.15 bits per heavy atom. The van der Waals surface area contributed by atoms with Gasteiger partial charge in [-0.2, -0.15) is 0 Å². The Morgan fingerprint density at radius 3 is 2.65 bits per heavy atom. The van der Waals surface area contributed by atoms with Gasteiger partial charge in [-0.25, -0.2) is 0 Å². The van der Waals surface area contributed by atoms with Crippen LogP contribution >= 0.6 is 0 Å². The Bertz CT molecular complexity index is 661. The summed E-state index contributed by atoms with van der Waals surface area (Å²) in [5.41, 5.74) is 2.60. The second-order valence-corrected chi connectivity index (χ2v) is 4.99.